The van der Waals surface area contributed by atoms with E-state index in [9.17, 15) is 4.79 Å². The lowest BCUT2D eigenvalue weighted by Gasteiger charge is -2.07. The topological polar surface area (TPSA) is 42.0 Å². The van der Waals surface area contributed by atoms with Crippen molar-refractivity contribution >= 4 is 23.2 Å². The van der Waals surface area contributed by atoms with Crippen molar-refractivity contribution in [3.8, 4) is 0 Å². The number of anilines is 1. The van der Waals surface area contributed by atoms with Crippen LogP contribution in [0.1, 0.15) is 38.2 Å². The summed E-state index contributed by atoms with van der Waals surface area (Å²) in [7, 11) is 0. The standard InChI is InChI=1S/C12H17ClN2O/c1-3-4-5-6-11(16)15-10-7-9(2)8-14-12(10)13/h7-8H,3-6H2,1-2H3,(H,15,16). The van der Waals surface area contributed by atoms with Crippen LogP contribution in [0, 0.1) is 6.92 Å². The number of amides is 1. The second-order valence-electron chi connectivity index (χ2n) is 3.86. The third kappa shape index (κ3) is 4.19. The molecule has 0 spiro atoms. The highest BCUT2D eigenvalue weighted by Gasteiger charge is 2.06. The summed E-state index contributed by atoms with van der Waals surface area (Å²) in [5, 5.41) is 3.12. The maximum Gasteiger partial charge on any atom is 0.224 e. The number of aryl methyl sites for hydroxylation is 1. The van der Waals surface area contributed by atoms with Gasteiger partial charge < -0.3 is 5.32 Å². The predicted molar refractivity (Wildman–Crippen MR) is 66.8 cm³/mol. The van der Waals surface area contributed by atoms with Crippen molar-refractivity contribution in [3.63, 3.8) is 0 Å². The molecule has 1 amide bonds. The van der Waals surface area contributed by atoms with Crippen LogP contribution in [0.4, 0.5) is 5.69 Å². The Morgan fingerprint density at radius 2 is 2.25 bits per heavy atom. The van der Waals surface area contributed by atoms with E-state index in [1.807, 2.05) is 13.0 Å². The molecule has 0 bridgehead atoms. The van der Waals surface area contributed by atoms with Crippen LogP contribution in [0.3, 0.4) is 0 Å². The molecule has 0 saturated heterocycles. The van der Waals surface area contributed by atoms with Crippen LogP contribution in [-0.2, 0) is 4.79 Å². The highest BCUT2D eigenvalue weighted by Crippen LogP contribution is 2.20. The molecule has 0 aliphatic heterocycles. The van der Waals surface area contributed by atoms with Gasteiger partial charge in [0.2, 0.25) is 5.91 Å². The lowest BCUT2D eigenvalue weighted by atomic mass is 10.2. The van der Waals surface area contributed by atoms with Gasteiger partial charge in [-0.05, 0) is 25.0 Å². The maximum absolute atomic E-state index is 11.6. The summed E-state index contributed by atoms with van der Waals surface area (Å²) in [4.78, 5) is 15.5. The monoisotopic (exact) mass is 240 g/mol. The van der Waals surface area contributed by atoms with Gasteiger partial charge in [-0.15, -0.1) is 0 Å². The van der Waals surface area contributed by atoms with Crippen LogP contribution >= 0.6 is 11.6 Å². The summed E-state index contributed by atoms with van der Waals surface area (Å²) in [6, 6.07) is 1.83. The highest BCUT2D eigenvalue weighted by molar-refractivity contribution is 6.32. The summed E-state index contributed by atoms with van der Waals surface area (Å²) in [6.07, 6.45) is 5.32. The Morgan fingerprint density at radius 1 is 1.50 bits per heavy atom. The molecule has 1 N–H and O–H groups in total. The summed E-state index contributed by atoms with van der Waals surface area (Å²) < 4.78 is 0. The second kappa shape index (κ2) is 6.48. The van der Waals surface area contributed by atoms with Crippen molar-refractivity contribution in [2.45, 2.75) is 39.5 Å². The van der Waals surface area contributed by atoms with Crippen molar-refractivity contribution in [2.75, 3.05) is 5.32 Å². The van der Waals surface area contributed by atoms with Gasteiger partial charge in [0, 0.05) is 12.6 Å². The third-order valence-electron chi connectivity index (χ3n) is 2.26. The van der Waals surface area contributed by atoms with E-state index >= 15 is 0 Å². The molecule has 88 valence electrons. The minimum atomic E-state index is 0.00255. The third-order valence-corrected chi connectivity index (χ3v) is 2.56. The molecule has 0 aromatic carbocycles. The highest BCUT2D eigenvalue weighted by atomic mass is 35.5. The second-order valence-corrected chi connectivity index (χ2v) is 4.21. The largest absolute Gasteiger partial charge is 0.323 e. The Bertz CT molecular complexity index is 366. The van der Waals surface area contributed by atoms with Gasteiger partial charge in [-0.3, -0.25) is 4.79 Å². The zero-order valence-electron chi connectivity index (χ0n) is 9.72. The number of pyridine rings is 1. The zero-order chi connectivity index (χ0) is 12.0. The SMILES string of the molecule is CCCCCC(=O)Nc1cc(C)cnc1Cl. The Labute approximate surface area is 101 Å². The number of carbonyl (C=O) groups excluding carboxylic acids is 1. The van der Waals surface area contributed by atoms with E-state index in [2.05, 4.69) is 17.2 Å². The van der Waals surface area contributed by atoms with Crippen molar-refractivity contribution in [3.05, 3.63) is 23.0 Å². The van der Waals surface area contributed by atoms with Gasteiger partial charge in [0.25, 0.3) is 0 Å². The lowest BCUT2D eigenvalue weighted by molar-refractivity contribution is -0.116. The van der Waals surface area contributed by atoms with E-state index in [-0.39, 0.29) is 5.91 Å². The van der Waals surface area contributed by atoms with Gasteiger partial charge >= 0.3 is 0 Å². The molecule has 0 fully saturated rings. The predicted octanol–water partition coefficient (Wildman–Crippen LogP) is 3.56. The molecule has 16 heavy (non-hydrogen) atoms. The van der Waals surface area contributed by atoms with Gasteiger partial charge in [-0.1, -0.05) is 31.4 Å². The molecule has 1 rings (SSSR count). The number of rotatable bonds is 5. The molecule has 3 nitrogen and oxygen atoms in total. The van der Waals surface area contributed by atoms with Crippen molar-refractivity contribution < 1.29 is 4.79 Å². The molecule has 0 aliphatic rings. The molecule has 1 aromatic heterocycles. The number of halogens is 1. The van der Waals surface area contributed by atoms with E-state index in [1.165, 1.54) is 0 Å². The summed E-state index contributed by atoms with van der Waals surface area (Å²) in [5.41, 5.74) is 1.58. The first-order chi connectivity index (χ1) is 7.63. The zero-order valence-corrected chi connectivity index (χ0v) is 10.5. The fourth-order valence-electron chi connectivity index (χ4n) is 1.39. The van der Waals surface area contributed by atoms with Crippen LogP contribution in [0.5, 0.6) is 0 Å². The van der Waals surface area contributed by atoms with Crippen LogP contribution in [0.25, 0.3) is 0 Å². The number of nitrogens with one attached hydrogen (secondary N) is 1. The number of hydrogen-bond donors (Lipinski definition) is 1. The van der Waals surface area contributed by atoms with Crippen molar-refractivity contribution in [1.29, 1.82) is 0 Å². The van der Waals surface area contributed by atoms with Crippen LogP contribution in [0.2, 0.25) is 5.15 Å². The van der Waals surface area contributed by atoms with E-state index in [4.69, 9.17) is 11.6 Å². The number of hydrogen-bond acceptors (Lipinski definition) is 2. The molecule has 0 saturated carbocycles. The molecular formula is C12H17ClN2O. The fraction of sp³-hybridized carbons (Fsp3) is 0.500. The van der Waals surface area contributed by atoms with Gasteiger partial charge in [0.15, 0.2) is 5.15 Å². The average Bonchev–Trinajstić information content (AvgIpc) is 2.24. The van der Waals surface area contributed by atoms with Crippen LogP contribution in [0.15, 0.2) is 12.3 Å². The van der Waals surface area contributed by atoms with Crippen LogP contribution in [-0.4, -0.2) is 10.9 Å². The Morgan fingerprint density at radius 3 is 2.94 bits per heavy atom. The molecule has 1 heterocycles. The molecule has 0 radical (unpaired) electrons. The quantitative estimate of drug-likeness (QED) is 0.632. The maximum atomic E-state index is 11.6. The Kier molecular flexibility index (Phi) is 5.26. The minimum Gasteiger partial charge on any atom is -0.323 e. The van der Waals surface area contributed by atoms with Gasteiger partial charge in [-0.25, -0.2) is 4.98 Å². The Balaban J connectivity index is 2.52. The fourth-order valence-corrected chi connectivity index (χ4v) is 1.54. The van der Waals surface area contributed by atoms with Gasteiger partial charge in [-0.2, -0.15) is 0 Å². The summed E-state index contributed by atoms with van der Waals surface area (Å²) >= 11 is 5.88. The summed E-state index contributed by atoms with van der Waals surface area (Å²) in [6.45, 7) is 4.02. The normalized spacial score (nSPS) is 10.2. The Hall–Kier alpha value is -1.09. The smallest absolute Gasteiger partial charge is 0.224 e. The molecule has 1 aromatic rings. The first-order valence-electron chi connectivity index (χ1n) is 5.55. The van der Waals surface area contributed by atoms with E-state index in [0.29, 0.717) is 17.3 Å². The number of aromatic nitrogens is 1. The van der Waals surface area contributed by atoms with E-state index in [0.717, 1.165) is 24.8 Å². The van der Waals surface area contributed by atoms with E-state index < -0.39 is 0 Å². The number of unbranched alkanes of at least 4 members (excludes halogenated alkanes) is 2. The molecule has 0 aliphatic carbocycles. The lowest BCUT2D eigenvalue weighted by Crippen LogP contribution is -2.11. The molecular weight excluding hydrogens is 224 g/mol. The first-order valence-corrected chi connectivity index (χ1v) is 5.93. The molecule has 0 unspecified atom stereocenters. The summed E-state index contributed by atoms with van der Waals surface area (Å²) in [5.74, 6) is 0.00255. The van der Waals surface area contributed by atoms with Gasteiger partial charge in [0.1, 0.15) is 0 Å². The molecule has 4 heteroatoms. The number of nitrogens with zero attached hydrogens (tertiary/aromatic N) is 1. The minimum absolute atomic E-state index is 0.00255. The van der Waals surface area contributed by atoms with Gasteiger partial charge in [0.05, 0.1) is 5.69 Å². The average molecular weight is 241 g/mol. The van der Waals surface area contributed by atoms with E-state index in [1.54, 1.807) is 6.20 Å². The van der Waals surface area contributed by atoms with Crippen LogP contribution < -0.4 is 5.32 Å². The molecule has 0 atom stereocenters. The van der Waals surface area contributed by atoms with Crippen molar-refractivity contribution in [2.24, 2.45) is 0 Å². The van der Waals surface area contributed by atoms with Crippen molar-refractivity contribution in [1.82, 2.24) is 4.98 Å². The number of carbonyl (C=O) groups is 1. The first kappa shape index (κ1) is 13.0.